The van der Waals surface area contributed by atoms with Crippen molar-refractivity contribution in [1.82, 2.24) is 9.97 Å². The van der Waals surface area contributed by atoms with Gasteiger partial charge in [-0.3, -0.25) is 0 Å². The molecular weight excluding hydrogens is 305 g/mol. The molecule has 0 atom stereocenters. The fourth-order valence-corrected chi connectivity index (χ4v) is 2.15. The number of rotatable bonds is 5. The van der Waals surface area contributed by atoms with Gasteiger partial charge < -0.3 is 15.5 Å². The summed E-state index contributed by atoms with van der Waals surface area (Å²) in [5.41, 5.74) is 1.52. The summed E-state index contributed by atoms with van der Waals surface area (Å²) in [6.07, 6.45) is 0. The molecule has 0 saturated heterocycles. The Kier molecular flexibility index (Phi) is 4.56. The van der Waals surface area contributed by atoms with E-state index >= 15 is 0 Å². The first-order chi connectivity index (χ1) is 11.6. The molecular formula is C18H18FN5. The highest BCUT2D eigenvalue weighted by Crippen LogP contribution is 2.22. The maximum Gasteiger partial charge on any atom is 0.231 e. The molecule has 1 heterocycles. The summed E-state index contributed by atoms with van der Waals surface area (Å²) in [5.74, 6) is 1.48. The topological polar surface area (TPSA) is 53.1 Å². The van der Waals surface area contributed by atoms with Crippen LogP contribution >= 0.6 is 0 Å². The highest BCUT2D eigenvalue weighted by Gasteiger charge is 2.07. The fraction of sp³-hybridized carbons (Fsp3) is 0.111. The normalized spacial score (nSPS) is 10.3. The van der Waals surface area contributed by atoms with Gasteiger partial charge >= 0.3 is 0 Å². The predicted molar refractivity (Wildman–Crippen MR) is 95.8 cm³/mol. The van der Waals surface area contributed by atoms with Crippen molar-refractivity contribution >= 4 is 29.0 Å². The van der Waals surface area contributed by atoms with Crippen LogP contribution in [0.25, 0.3) is 0 Å². The van der Waals surface area contributed by atoms with Crippen molar-refractivity contribution in [2.75, 3.05) is 29.6 Å². The minimum atomic E-state index is -0.301. The molecule has 3 rings (SSSR count). The minimum absolute atomic E-state index is 0.301. The highest BCUT2D eigenvalue weighted by atomic mass is 19.1. The Labute approximate surface area is 140 Å². The minimum Gasteiger partial charge on any atom is -0.363 e. The molecule has 0 spiro atoms. The Hall–Kier alpha value is -3.15. The molecule has 0 saturated carbocycles. The van der Waals surface area contributed by atoms with E-state index in [2.05, 4.69) is 20.6 Å². The van der Waals surface area contributed by atoms with Crippen molar-refractivity contribution in [2.24, 2.45) is 0 Å². The molecule has 1 aromatic heterocycles. The second-order valence-corrected chi connectivity index (χ2v) is 5.46. The number of anilines is 5. The van der Waals surface area contributed by atoms with Gasteiger partial charge in [-0.25, -0.2) is 4.39 Å². The summed E-state index contributed by atoms with van der Waals surface area (Å²) in [4.78, 5) is 10.8. The highest BCUT2D eigenvalue weighted by molar-refractivity contribution is 5.63. The third-order valence-electron chi connectivity index (χ3n) is 3.30. The smallest absolute Gasteiger partial charge is 0.231 e. The zero-order valence-electron chi connectivity index (χ0n) is 13.5. The quantitative estimate of drug-likeness (QED) is 0.738. The van der Waals surface area contributed by atoms with Crippen LogP contribution in [0.5, 0.6) is 0 Å². The molecule has 0 unspecified atom stereocenters. The van der Waals surface area contributed by atoms with E-state index < -0.39 is 0 Å². The number of para-hydroxylation sites is 1. The van der Waals surface area contributed by atoms with Crippen LogP contribution in [0.1, 0.15) is 0 Å². The molecule has 0 radical (unpaired) electrons. The molecule has 24 heavy (non-hydrogen) atoms. The van der Waals surface area contributed by atoms with Crippen molar-refractivity contribution < 1.29 is 4.39 Å². The van der Waals surface area contributed by atoms with E-state index in [1.165, 1.54) is 12.1 Å². The van der Waals surface area contributed by atoms with Crippen LogP contribution in [0.15, 0.2) is 60.7 Å². The van der Waals surface area contributed by atoms with Crippen molar-refractivity contribution in [3.05, 3.63) is 66.5 Å². The summed E-state index contributed by atoms with van der Waals surface area (Å²) in [5, 5.41) is 6.28. The largest absolute Gasteiger partial charge is 0.363 e. The number of halogens is 1. The molecule has 0 aliphatic heterocycles. The van der Waals surface area contributed by atoms with Crippen LogP contribution in [-0.4, -0.2) is 24.1 Å². The lowest BCUT2D eigenvalue weighted by Gasteiger charge is -2.15. The van der Waals surface area contributed by atoms with Crippen molar-refractivity contribution in [3.63, 3.8) is 0 Å². The lowest BCUT2D eigenvalue weighted by molar-refractivity contribution is 0.628. The molecule has 3 aromatic rings. The Balaban J connectivity index is 1.90. The van der Waals surface area contributed by atoms with E-state index in [0.717, 1.165) is 11.5 Å². The molecule has 0 aliphatic carbocycles. The Morgan fingerprint density at radius 3 is 2.29 bits per heavy atom. The summed E-state index contributed by atoms with van der Waals surface area (Å²) >= 11 is 0. The first kappa shape index (κ1) is 15.7. The summed E-state index contributed by atoms with van der Waals surface area (Å²) in [6.45, 7) is 0. The number of hydrogen-bond acceptors (Lipinski definition) is 5. The third kappa shape index (κ3) is 3.98. The molecule has 0 bridgehead atoms. The van der Waals surface area contributed by atoms with Crippen LogP contribution < -0.4 is 15.5 Å². The van der Waals surface area contributed by atoms with Gasteiger partial charge in [0.1, 0.15) is 17.5 Å². The average molecular weight is 323 g/mol. The molecule has 5 nitrogen and oxygen atoms in total. The zero-order valence-corrected chi connectivity index (χ0v) is 13.5. The van der Waals surface area contributed by atoms with E-state index in [4.69, 9.17) is 0 Å². The zero-order chi connectivity index (χ0) is 16.9. The molecule has 2 aromatic carbocycles. The van der Waals surface area contributed by atoms with Crippen LogP contribution in [-0.2, 0) is 0 Å². The first-order valence-corrected chi connectivity index (χ1v) is 7.51. The molecule has 2 N–H and O–H groups in total. The Morgan fingerprint density at radius 1 is 0.833 bits per heavy atom. The predicted octanol–water partition coefficient (Wildman–Crippen LogP) is 4.17. The van der Waals surface area contributed by atoms with Gasteiger partial charge in [0.05, 0.1) is 0 Å². The number of nitrogens with one attached hydrogen (secondary N) is 2. The molecule has 0 fully saturated rings. The van der Waals surface area contributed by atoms with Crippen LogP contribution in [0, 0.1) is 5.82 Å². The van der Waals surface area contributed by atoms with E-state index in [1.807, 2.05) is 49.3 Å². The second-order valence-electron chi connectivity index (χ2n) is 5.46. The average Bonchev–Trinajstić information content (AvgIpc) is 2.55. The monoisotopic (exact) mass is 323 g/mol. The Bertz CT molecular complexity index is 821. The lowest BCUT2D eigenvalue weighted by atomic mass is 10.3. The fourth-order valence-electron chi connectivity index (χ4n) is 2.15. The molecule has 0 aliphatic rings. The van der Waals surface area contributed by atoms with E-state index in [9.17, 15) is 4.39 Å². The van der Waals surface area contributed by atoms with E-state index in [0.29, 0.717) is 17.5 Å². The molecule has 0 amide bonds. The summed E-state index contributed by atoms with van der Waals surface area (Å²) < 4.78 is 13.4. The SMILES string of the molecule is CN(C)c1cc(Nc2cccc(F)c2)nc(Nc2ccccc2)n1. The van der Waals surface area contributed by atoms with Gasteiger partial charge in [-0.05, 0) is 30.3 Å². The number of aromatic nitrogens is 2. The van der Waals surface area contributed by atoms with Crippen molar-refractivity contribution in [3.8, 4) is 0 Å². The third-order valence-corrected chi connectivity index (χ3v) is 3.30. The van der Waals surface area contributed by atoms with Gasteiger partial charge in [0.25, 0.3) is 0 Å². The van der Waals surface area contributed by atoms with Crippen molar-refractivity contribution in [2.45, 2.75) is 0 Å². The van der Waals surface area contributed by atoms with Crippen LogP contribution in [0.3, 0.4) is 0 Å². The lowest BCUT2D eigenvalue weighted by Crippen LogP contribution is -2.13. The van der Waals surface area contributed by atoms with Crippen LogP contribution in [0.2, 0.25) is 0 Å². The van der Waals surface area contributed by atoms with Crippen molar-refractivity contribution in [1.29, 1.82) is 0 Å². The number of nitrogens with zero attached hydrogens (tertiary/aromatic N) is 3. The standard InChI is InChI=1S/C18H18FN5/c1-24(2)17-12-16(20-15-10-6-7-13(19)11-15)22-18(23-17)21-14-8-4-3-5-9-14/h3-12H,1-2H3,(H2,20,21,22,23). The summed E-state index contributed by atoms with van der Waals surface area (Å²) in [6, 6.07) is 17.7. The van der Waals surface area contributed by atoms with Gasteiger partial charge in [0.15, 0.2) is 0 Å². The maximum atomic E-state index is 13.4. The summed E-state index contributed by atoms with van der Waals surface area (Å²) in [7, 11) is 3.81. The van der Waals surface area contributed by atoms with Gasteiger partial charge in [-0.1, -0.05) is 24.3 Å². The number of hydrogen-bond donors (Lipinski definition) is 2. The number of benzene rings is 2. The second kappa shape index (κ2) is 6.95. The van der Waals surface area contributed by atoms with Gasteiger partial charge in [-0.2, -0.15) is 9.97 Å². The molecule has 122 valence electrons. The van der Waals surface area contributed by atoms with Gasteiger partial charge in [0, 0.05) is 31.5 Å². The van der Waals surface area contributed by atoms with E-state index in [-0.39, 0.29) is 5.82 Å². The molecule has 6 heteroatoms. The van der Waals surface area contributed by atoms with Crippen LogP contribution in [0.4, 0.5) is 33.3 Å². The van der Waals surface area contributed by atoms with Gasteiger partial charge in [0.2, 0.25) is 5.95 Å². The Morgan fingerprint density at radius 2 is 1.58 bits per heavy atom. The van der Waals surface area contributed by atoms with Gasteiger partial charge in [-0.15, -0.1) is 0 Å². The van der Waals surface area contributed by atoms with E-state index in [1.54, 1.807) is 18.2 Å². The maximum absolute atomic E-state index is 13.4. The first-order valence-electron chi connectivity index (χ1n) is 7.51.